The molecule has 51 heavy (non-hydrogen) atoms. The molecule has 1 unspecified atom stereocenters. The molecule has 2 aromatic rings. The van der Waals surface area contributed by atoms with Crippen molar-refractivity contribution >= 4 is 45.3 Å². The minimum absolute atomic E-state index is 0.0210. The van der Waals surface area contributed by atoms with Crippen molar-refractivity contribution in [3.05, 3.63) is 85.5 Å². The summed E-state index contributed by atoms with van der Waals surface area (Å²) in [5.41, 5.74) is -0.0128. The lowest BCUT2D eigenvalue weighted by molar-refractivity contribution is -0.162. The third-order valence-corrected chi connectivity index (χ3v) is 10.9. The summed E-state index contributed by atoms with van der Waals surface area (Å²) in [6, 6.07) is 14.6. The molecule has 2 aromatic carbocycles. The van der Waals surface area contributed by atoms with E-state index < -0.39 is 47.7 Å². The monoisotopic (exact) mass is 765 g/mol. The number of aliphatic hydroxyl groups is 1. The van der Waals surface area contributed by atoms with E-state index in [1.165, 1.54) is 0 Å². The Morgan fingerprint density at radius 1 is 1.12 bits per heavy atom. The third kappa shape index (κ3) is 7.78. The van der Waals surface area contributed by atoms with Gasteiger partial charge in [-0.25, -0.2) is 0 Å². The Kier molecular flexibility index (Phi) is 12.8. The van der Waals surface area contributed by atoms with Gasteiger partial charge < -0.3 is 34.4 Å². The van der Waals surface area contributed by atoms with Crippen LogP contribution in [0, 0.1) is 11.8 Å². The minimum Gasteiger partial charge on any atom is -0.497 e. The summed E-state index contributed by atoms with van der Waals surface area (Å²) in [5, 5.41) is 12.4. The maximum Gasteiger partial charge on any atom is 0.313 e. The van der Waals surface area contributed by atoms with Crippen molar-refractivity contribution in [2.45, 2.75) is 80.2 Å². The molecule has 0 saturated carbocycles. The van der Waals surface area contributed by atoms with Crippen LogP contribution in [0.25, 0.3) is 0 Å². The zero-order valence-electron chi connectivity index (χ0n) is 29.2. The molecule has 11 nitrogen and oxygen atoms in total. The van der Waals surface area contributed by atoms with Crippen LogP contribution in [0.1, 0.15) is 57.1 Å². The Balaban J connectivity index is 1.49. The molecule has 2 N–H and O–H groups in total. The number of anilines is 1. The second kappa shape index (κ2) is 17.0. The Labute approximate surface area is 308 Å². The molecule has 274 valence electrons. The molecule has 0 aliphatic carbocycles. The van der Waals surface area contributed by atoms with Crippen molar-refractivity contribution < 1.29 is 38.5 Å². The van der Waals surface area contributed by atoms with Crippen LogP contribution in [0.4, 0.5) is 5.69 Å². The molecule has 1 spiro atoms. The number of methoxy groups -OCH3 is 1. The average Bonchev–Trinajstić information content (AvgIpc) is 3.73. The van der Waals surface area contributed by atoms with Crippen LogP contribution in [0.15, 0.2) is 79.9 Å². The van der Waals surface area contributed by atoms with Gasteiger partial charge in [0, 0.05) is 36.6 Å². The number of allylic oxidation sites excluding steroid dienone is 1. The molecule has 3 amide bonds. The molecule has 8 atom stereocenters. The van der Waals surface area contributed by atoms with E-state index in [1.54, 1.807) is 60.3 Å². The lowest BCUT2D eigenvalue weighted by Crippen LogP contribution is -2.57. The van der Waals surface area contributed by atoms with Gasteiger partial charge in [-0.15, -0.1) is 13.2 Å². The number of ether oxygens (including phenoxy) is 3. The number of likely N-dealkylation sites (tertiary alicyclic amines) is 1. The second-order valence-corrected chi connectivity index (χ2v) is 14.5. The van der Waals surface area contributed by atoms with Gasteiger partial charge >= 0.3 is 5.97 Å². The van der Waals surface area contributed by atoms with Gasteiger partial charge in [0.15, 0.2) is 0 Å². The highest BCUT2D eigenvalue weighted by Gasteiger charge is 2.77. The Bertz CT molecular complexity index is 1570. The fourth-order valence-corrected chi connectivity index (χ4v) is 8.73. The second-order valence-electron chi connectivity index (χ2n) is 13.4. The summed E-state index contributed by atoms with van der Waals surface area (Å²) in [7, 11) is 1.56. The molecule has 5 rings (SSSR count). The number of fused-ring (bicyclic) bond motifs is 1. The number of halogens is 1. The Hall–Kier alpha value is -4.00. The van der Waals surface area contributed by atoms with Crippen LogP contribution in [-0.4, -0.2) is 89.1 Å². The van der Waals surface area contributed by atoms with E-state index in [1.807, 2.05) is 30.3 Å². The van der Waals surface area contributed by atoms with Gasteiger partial charge in [0.2, 0.25) is 11.8 Å². The average molecular weight is 767 g/mol. The first-order valence-corrected chi connectivity index (χ1v) is 18.5. The maximum absolute atomic E-state index is 14.8. The first kappa shape index (κ1) is 38.2. The van der Waals surface area contributed by atoms with Crippen LogP contribution in [0.5, 0.6) is 5.75 Å². The van der Waals surface area contributed by atoms with Gasteiger partial charge in [0.1, 0.15) is 23.5 Å². The van der Waals surface area contributed by atoms with Gasteiger partial charge in [-0.05, 0) is 68.9 Å². The van der Waals surface area contributed by atoms with Crippen LogP contribution in [0.3, 0.4) is 0 Å². The van der Waals surface area contributed by atoms with E-state index in [2.05, 4.69) is 34.4 Å². The number of nitrogens with zero attached hydrogens (tertiary/aromatic N) is 2. The highest BCUT2D eigenvalue weighted by molar-refractivity contribution is 9.09. The maximum atomic E-state index is 14.8. The topological polar surface area (TPSA) is 135 Å². The quantitative estimate of drug-likeness (QED) is 0.0950. The summed E-state index contributed by atoms with van der Waals surface area (Å²) < 4.78 is 18.3. The number of esters is 1. The SMILES string of the molecule is C=CCCC(=O)N[C@H](C)[C@@H](OC(=O)[C@H]1[C@@H]2O[C@@]3(CC2Br)[C@@H]1C(=O)N(CCCCCO)[C@@H]3C(=O)N(CC=C)c1ccc(OC)cc1)c1ccccc1. The fourth-order valence-electron chi connectivity index (χ4n) is 7.79. The molecule has 3 saturated heterocycles. The van der Waals surface area contributed by atoms with Gasteiger partial charge in [-0.3, -0.25) is 19.2 Å². The van der Waals surface area contributed by atoms with Gasteiger partial charge in [-0.1, -0.05) is 58.4 Å². The summed E-state index contributed by atoms with van der Waals surface area (Å²) in [4.78, 5) is 59.4. The van der Waals surface area contributed by atoms with Gasteiger partial charge in [-0.2, -0.15) is 0 Å². The number of benzene rings is 2. The number of unbranched alkanes of at least 4 members (excludes halogenated alkanes) is 2. The van der Waals surface area contributed by atoms with Crippen molar-refractivity contribution in [2.75, 3.05) is 31.7 Å². The van der Waals surface area contributed by atoms with E-state index in [0.29, 0.717) is 49.1 Å². The minimum atomic E-state index is -1.30. The Morgan fingerprint density at radius 3 is 2.49 bits per heavy atom. The van der Waals surface area contributed by atoms with E-state index in [0.717, 1.165) is 0 Å². The molecule has 0 aromatic heterocycles. The van der Waals surface area contributed by atoms with Gasteiger partial charge in [0.05, 0.1) is 31.1 Å². The predicted octanol–water partition coefficient (Wildman–Crippen LogP) is 4.88. The molecule has 12 heteroatoms. The summed E-state index contributed by atoms with van der Waals surface area (Å²) in [6.07, 6.45) is 4.58. The van der Waals surface area contributed by atoms with E-state index >= 15 is 0 Å². The first-order chi connectivity index (χ1) is 24.6. The fraction of sp³-hybridized carbons (Fsp3) is 0.487. The van der Waals surface area contributed by atoms with Crippen LogP contribution < -0.4 is 15.0 Å². The zero-order chi connectivity index (χ0) is 36.7. The molecule has 3 aliphatic heterocycles. The van der Waals surface area contributed by atoms with E-state index in [4.69, 9.17) is 14.2 Å². The van der Waals surface area contributed by atoms with Crippen LogP contribution in [0.2, 0.25) is 0 Å². The molecule has 0 radical (unpaired) electrons. The van der Waals surface area contributed by atoms with E-state index in [-0.39, 0.29) is 48.7 Å². The largest absolute Gasteiger partial charge is 0.497 e. The van der Waals surface area contributed by atoms with Crippen molar-refractivity contribution in [3.8, 4) is 5.75 Å². The number of alkyl halides is 1. The number of rotatable bonds is 18. The number of amides is 3. The van der Waals surface area contributed by atoms with Crippen LogP contribution >= 0.6 is 15.9 Å². The number of aliphatic hydroxyl groups excluding tert-OH is 1. The normalized spacial score (nSPS) is 25.8. The molecular weight excluding hydrogens is 718 g/mol. The highest BCUT2D eigenvalue weighted by atomic mass is 79.9. The highest BCUT2D eigenvalue weighted by Crippen LogP contribution is 2.60. The van der Waals surface area contributed by atoms with Crippen molar-refractivity contribution in [2.24, 2.45) is 11.8 Å². The van der Waals surface area contributed by atoms with Gasteiger partial charge in [0.25, 0.3) is 5.91 Å². The Morgan fingerprint density at radius 2 is 1.84 bits per heavy atom. The van der Waals surface area contributed by atoms with Crippen LogP contribution in [-0.2, 0) is 28.7 Å². The lowest BCUT2D eigenvalue weighted by atomic mass is 9.70. The smallest absolute Gasteiger partial charge is 0.313 e. The third-order valence-electron chi connectivity index (χ3n) is 10.1. The molecule has 2 bridgehead atoms. The van der Waals surface area contributed by atoms with Crippen molar-refractivity contribution in [3.63, 3.8) is 0 Å². The molecular formula is C39H48BrN3O8. The summed E-state index contributed by atoms with van der Waals surface area (Å²) in [5.74, 6) is -2.85. The number of hydrogen-bond acceptors (Lipinski definition) is 8. The number of carbonyl (C=O) groups is 4. The molecule has 3 aliphatic rings. The standard InChI is InChI=1S/C39H48BrN3O8/c1-5-7-16-30(45)41-25(3)33(26-14-10-8-11-15-26)50-38(48)31-32-36(46)43(22-12-9-13-23-44)35(39(32)24-29(40)34(31)51-39)37(47)42(21-6-2)27-17-19-28(49-4)20-18-27/h5-6,8,10-11,14-15,17-20,25,29,31-35,44H,1-2,7,9,12-13,16,21-24H2,3-4H3,(H,41,45)/t25-,29?,31-,32+,33-,34-,35-,39+/m1/s1. The van der Waals surface area contributed by atoms with E-state index in [9.17, 15) is 24.3 Å². The molecule has 3 heterocycles. The first-order valence-electron chi connectivity index (χ1n) is 17.6. The zero-order valence-corrected chi connectivity index (χ0v) is 30.8. The molecule has 3 fully saturated rings. The number of carbonyl (C=O) groups excluding carboxylic acids is 4. The number of nitrogens with one attached hydrogen (secondary N) is 1. The van der Waals surface area contributed by atoms with Crippen molar-refractivity contribution in [1.29, 1.82) is 0 Å². The predicted molar refractivity (Wildman–Crippen MR) is 196 cm³/mol. The number of hydrogen-bond donors (Lipinski definition) is 2. The van der Waals surface area contributed by atoms with Crippen molar-refractivity contribution in [1.82, 2.24) is 10.2 Å². The summed E-state index contributed by atoms with van der Waals surface area (Å²) >= 11 is 3.74. The lowest BCUT2D eigenvalue weighted by Gasteiger charge is -2.37. The summed E-state index contributed by atoms with van der Waals surface area (Å²) in [6.45, 7) is 9.79.